The summed E-state index contributed by atoms with van der Waals surface area (Å²) >= 11 is 0. The zero-order valence-corrected chi connectivity index (χ0v) is 8.94. The Morgan fingerprint density at radius 2 is 2.20 bits per heavy atom. The van der Waals surface area contributed by atoms with E-state index < -0.39 is 0 Å². The molecule has 0 aliphatic rings. The summed E-state index contributed by atoms with van der Waals surface area (Å²) in [6.45, 7) is 4.56. The zero-order valence-electron chi connectivity index (χ0n) is 8.94. The van der Waals surface area contributed by atoms with Gasteiger partial charge in [-0.3, -0.25) is 0 Å². The normalized spacial score (nSPS) is 11.5. The van der Waals surface area contributed by atoms with Crippen LogP contribution < -0.4 is 5.73 Å². The molecule has 1 aromatic heterocycles. The first-order valence-corrected chi connectivity index (χ1v) is 5.03. The molecule has 0 radical (unpaired) electrons. The number of nitrogens with zero attached hydrogens (tertiary/aromatic N) is 2. The van der Waals surface area contributed by atoms with Gasteiger partial charge in [-0.25, -0.2) is 4.98 Å². The molecular weight excluding hydrogens is 190 g/mol. The van der Waals surface area contributed by atoms with Crippen molar-refractivity contribution in [3.8, 4) is 5.75 Å². The topological polar surface area (TPSA) is 64.1 Å². The van der Waals surface area contributed by atoms with Crippen LogP contribution in [0.15, 0.2) is 18.2 Å². The number of rotatable bonds is 2. The average Bonchev–Trinajstić information content (AvgIpc) is 2.55. The monoisotopic (exact) mass is 205 g/mol. The summed E-state index contributed by atoms with van der Waals surface area (Å²) in [5.74, 6) is 1.11. The molecule has 0 amide bonds. The first kappa shape index (κ1) is 9.98. The second-order valence-corrected chi connectivity index (χ2v) is 3.87. The molecular formula is C11H15N3O. The van der Waals surface area contributed by atoms with Crippen LogP contribution in [0.1, 0.15) is 25.7 Å². The first-order valence-electron chi connectivity index (χ1n) is 5.03. The van der Waals surface area contributed by atoms with Gasteiger partial charge < -0.3 is 15.4 Å². The molecule has 0 saturated heterocycles. The van der Waals surface area contributed by atoms with Crippen molar-refractivity contribution in [1.29, 1.82) is 0 Å². The highest BCUT2D eigenvalue weighted by Gasteiger charge is 2.12. The van der Waals surface area contributed by atoms with E-state index in [0.717, 1.165) is 16.9 Å². The van der Waals surface area contributed by atoms with Crippen molar-refractivity contribution in [2.75, 3.05) is 0 Å². The van der Waals surface area contributed by atoms with E-state index in [2.05, 4.69) is 23.4 Å². The van der Waals surface area contributed by atoms with Crippen molar-refractivity contribution < 1.29 is 5.11 Å². The smallest absolute Gasteiger partial charge is 0.123 e. The number of hydrogen-bond acceptors (Lipinski definition) is 3. The van der Waals surface area contributed by atoms with Crippen LogP contribution >= 0.6 is 0 Å². The van der Waals surface area contributed by atoms with E-state index in [1.165, 1.54) is 0 Å². The van der Waals surface area contributed by atoms with Gasteiger partial charge in [-0.15, -0.1) is 0 Å². The van der Waals surface area contributed by atoms with Crippen LogP contribution in [0.5, 0.6) is 5.75 Å². The predicted octanol–water partition coefficient (Wildman–Crippen LogP) is 1.78. The van der Waals surface area contributed by atoms with Crippen molar-refractivity contribution in [3.05, 3.63) is 24.0 Å². The van der Waals surface area contributed by atoms with Gasteiger partial charge in [0, 0.05) is 12.1 Å². The molecule has 0 aliphatic carbocycles. The van der Waals surface area contributed by atoms with Crippen molar-refractivity contribution in [2.24, 2.45) is 5.73 Å². The Morgan fingerprint density at radius 1 is 1.47 bits per heavy atom. The van der Waals surface area contributed by atoms with E-state index in [-0.39, 0.29) is 11.8 Å². The molecule has 0 unspecified atom stereocenters. The van der Waals surface area contributed by atoms with Gasteiger partial charge >= 0.3 is 0 Å². The SMILES string of the molecule is CC(C)n1c(CN)nc2ccc(O)cc21. The minimum absolute atomic E-state index is 0.257. The fourth-order valence-electron chi connectivity index (χ4n) is 1.85. The lowest BCUT2D eigenvalue weighted by Crippen LogP contribution is -2.10. The van der Waals surface area contributed by atoms with Gasteiger partial charge in [-0.1, -0.05) is 0 Å². The molecule has 1 heterocycles. The Bertz CT molecular complexity index is 488. The average molecular weight is 205 g/mol. The quantitative estimate of drug-likeness (QED) is 0.785. The fourth-order valence-corrected chi connectivity index (χ4v) is 1.85. The number of phenols is 1. The zero-order chi connectivity index (χ0) is 11.0. The third-order valence-electron chi connectivity index (χ3n) is 2.45. The van der Waals surface area contributed by atoms with E-state index in [0.29, 0.717) is 6.54 Å². The lowest BCUT2D eigenvalue weighted by molar-refractivity contribution is 0.475. The Labute approximate surface area is 88.3 Å². The largest absolute Gasteiger partial charge is 0.508 e. The first-order chi connectivity index (χ1) is 7.13. The Morgan fingerprint density at radius 3 is 2.80 bits per heavy atom. The Hall–Kier alpha value is -1.55. The minimum Gasteiger partial charge on any atom is -0.508 e. The van der Waals surface area contributed by atoms with Crippen LogP contribution in [0.3, 0.4) is 0 Å². The van der Waals surface area contributed by atoms with Crippen LogP contribution in [0.2, 0.25) is 0 Å². The lowest BCUT2D eigenvalue weighted by Gasteiger charge is -2.11. The molecule has 2 rings (SSSR count). The molecule has 0 fully saturated rings. The van der Waals surface area contributed by atoms with Gasteiger partial charge in [-0.05, 0) is 26.0 Å². The van der Waals surface area contributed by atoms with Gasteiger partial charge in [0.05, 0.1) is 17.6 Å². The minimum atomic E-state index is 0.257. The molecule has 1 aromatic carbocycles. The summed E-state index contributed by atoms with van der Waals surface area (Å²) in [7, 11) is 0. The standard InChI is InChI=1S/C11H15N3O/c1-7(2)14-10-5-8(15)3-4-9(10)13-11(14)6-12/h3-5,7,15H,6,12H2,1-2H3. The van der Waals surface area contributed by atoms with Crippen molar-refractivity contribution in [1.82, 2.24) is 9.55 Å². The number of aromatic nitrogens is 2. The summed E-state index contributed by atoms with van der Waals surface area (Å²) < 4.78 is 2.05. The van der Waals surface area contributed by atoms with Gasteiger partial charge in [0.25, 0.3) is 0 Å². The molecule has 0 atom stereocenters. The molecule has 0 spiro atoms. The number of imidazole rings is 1. The van der Waals surface area contributed by atoms with E-state index in [4.69, 9.17) is 5.73 Å². The number of benzene rings is 1. The number of fused-ring (bicyclic) bond motifs is 1. The molecule has 0 saturated carbocycles. The Kier molecular flexibility index (Phi) is 2.36. The molecule has 4 nitrogen and oxygen atoms in total. The number of hydrogen-bond donors (Lipinski definition) is 2. The molecule has 2 aromatic rings. The maximum Gasteiger partial charge on any atom is 0.123 e. The number of aromatic hydroxyl groups is 1. The number of phenolic OH excluding ortho intramolecular Hbond substituents is 1. The molecule has 0 bridgehead atoms. The van der Waals surface area contributed by atoms with E-state index in [1.807, 2.05) is 6.07 Å². The van der Waals surface area contributed by atoms with Gasteiger partial charge in [0.1, 0.15) is 11.6 Å². The summed E-state index contributed by atoms with van der Waals surface area (Å²) in [6.07, 6.45) is 0. The number of nitrogens with two attached hydrogens (primary N) is 1. The van der Waals surface area contributed by atoms with Crippen molar-refractivity contribution in [2.45, 2.75) is 26.4 Å². The molecule has 0 aliphatic heterocycles. The van der Waals surface area contributed by atoms with Gasteiger partial charge in [0.15, 0.2) is 0 Å². The highest BCUT2D eigenvalue weighted by Crippen LogP contribution is 2.24. The molecule has 3 N–H and O–H groups in total. The fraction of sp³-hybridized carbons (Fsp3) is 0.364. The van der Waals surface area contributed by atoms with Crippen molar-refractivity contribution >= 4 is 11.0 Å². The molecule has 15 heavy (non-hydrogen) atoms. The maximum atomic E-state index is 9.45. The van der Waals surface area contributed by atoms with E-state index in [9.17, 15) is 5.11 Å². The molecule has 80 valence electrons. The molecule has 4 heteroatoms. The van der Waals surface area contributed by atoms with Gasteiger partial charge in [-0.2, -0.15) is 0 Å². The third-order valence-corrected chi connectivity index (χ3v) is 2.45. The lowest BCUT2D eigenvalue weighted by atomic mass is 10.3. The van der Waals surface area contributed by atoms with Crippen molar-refractivity contribution in [3.63, 3.8) is 0 Å². The van der Waals surface area contributed by atoms with Gasteiger partial charge in [0.2, 0.25) is 0 Å². The van der Waals surface area contributed by atoms with E-state index in [1.54, 1.807) is 12.1 Å². The summed E-state index contributed by atoms with van der Waals surface area (Å²) in [4.78, 5) is 4.42. The van der Waals surface area contributed by atoms with Crippen LogP contribution in [0, 0.1) is 0 Å². The highest BCUT2D eigenvalue weighted by atomic mass is 16.3. The summed E-state index contributed by atoms with van der Waals surface area (Å²) in [5.41, 5.74) is 7.46. The second kappa shape index (κ2) is 3.55. The second-order valence-electron chi connectivity index (χ2n) is 3.87. The van der Waals surface area contributed by atoms with Crippen LogP contribution in [-0.4, -0.2) is 14.7 Å². The van der Waals surface area contributed by atoms with E-state index >= 15 is 0 Å². The summed E-state index contributed by atoms with van der Waals surface area (Å²) in [6, 6.07) is 5.46. The summed E-state index contributed by atoms with van der Waals surface area (Å²) in [5, 5.41) is 9.45. The van der Waals surface area contributed by atoms with Crippen LogP contribution in [0.4, 0.5) is 0 Å². The maximum absolute atomic E-state index is 9.45. The van der Waals surface area contributed by atoms with Crippen LogP contribution in [-0.2, 0) is 6.54 Å². The third kappa shape index (κ3) is 1.57. The van der Waals surface area contributed by atoms with Crippen LogP contribution in [0.25, 0.3) is 11.0 Å². The highest BCUT2D eigenvalue weighted by molar-refractivity contribution is 5.77. The Balaban J connectivity index is 2.76. The predicted molar refractivity (Wildman–Crippen MR) is 59.7 cm³/mol.